The van der Waals surface area contributed by atoms with Gasteiger partial charge in [0.15, 0.2) is 0 Å². The van der Waals surface area contributed by atoms with Crippen LogP contribution in [0, 0.1) is 0 Å². The van der Waals surface area contributed by atoms with Gasteiger partial charge in [0.2, 0.25) is 5.88 Å². The van der Waals surface area contributed by atoms with Crippen LogP contribution in [0.1, 0.15) is 75.1 Å². The third kappa shape index (κ3) is 6.66. The van der Waals surface area contributed by atoms with Gasteiger partial charge in [-0.1, -0.05) is 68.2 Å². The van der Waals surface area contributed by atoms with E-state index in [0.29, 0.717) is 58.9 Å². The highest BCUT2D eigenvalue weighted by atomic mass is 35.5. The van der Waals surface area contributed by atoms with Crippen LogP contribution in [0.4, 0.5) is 4.79 Å². The minimum absolute atomic E-state index is 0.102. The highest BCUT2D eigenvalue weighted by Crippen LogP contribution is 2.45. The van der Waals surface area contributed by atoms with Crippen LogP contribution in [0.3, 0.4) is 0 Å². The summed E-state index contributed by atoms with van der Waals surface area (Å²) in [5.41, 5.74) is 2.16. The minimum Gasteiger partial charge on any atom is -0.477 e. The van der Waals surface area contributed by atoms with Crippen LogP contribution in [-0.2, 0) is 5.41 Å². The normalized spacial score (nSPS) is 19.6. The van der Waals surface area contributed by atoms with Crippen molar-refractivity contribution in [3.05, 3.63) is 87.3 Å². The number of halogens is 2. The molecular formula is C33H40Cl2N6O2. The van der Waals surface area contributed by atoms with Crippen molar-refractivity contribution in [1.82, 2.24) is 24.7 Å². The van der Waals surface area contributed by atoms with Gasteiger partial charge in [-0.15, -0.1) is 0 Å². The molecule has 10 heteroatoms. The number of amides is 2. The van der Waals surface area contributed by atoms with Crippen molar-refractivity contribution in [2.45, 2.75) is 64.1 Å². The summed E-state index contributed by atoms with van der Waals surface area (Å²) in [7, 11) is 4.19. The highest BCUT2D eigenvalue weighted by Gasteiger charge is 2.45. The molecular weight excluding hydrogens is 583 g/mol. The zero-order valence-electron chi connectivity index (χ0n) is 25.7. The molecule has 1 saturated heterocycles. The quantitative estimate of drug-likeness (QED) is 0.291. The highest BCUT2D eigenvalue weighted by molar-refractivity contribution is 6.30. The number of aromatic nitrogens is 2. The van der Waals surface area contributed by atoms with E-state index in [0.717, 1.165) is 24.0 Å². The second kappa shape index (κ2) is 12.8. The lowest BCUT2D eigenvalue weighted by atomic mass is 9.93. The molecule has 0 radical (unpaired) electrons. The van der Waals surface area contributed by atoms with Gasteiger partial charge in [0.05, 0.1) is 18.2 Å². The molecule has 1 aromatic heterocycles. The molecule has 43 heavy (non-hydrogen) atoms. The zero-order valence-corrected chi connectivity index (χ0v) is 27.2. The Kier molecular flexibility index (Phi) is 9.30. The number of hydrogen-bond acceptors (Lipinski definition) is 6. The topological polar surface area (TPSA) is 74.2 Å². The van der Waals surface area contributed by atoms with E-state index in [9.17, 15) is 4.79 Å². The lowest BCUT2D eigenvalue weighted by Gasteiger charge is -2.39. The molecule has 2 aromatic carbocycles. The number of carbonyl (C=O) groups excluding carboxylic acids is 1. The molecule has 0 unspecified atom stereocenters. The van der Waals surface area contributed by atoms with Gasteiger partial charge in [0.25, 0.3) is 0 Å². The maximum Gasteiger partial charge on any atom is 0.326 e. The van der Waals surface area contributed by atoms with E-state index in [1.54, 1.807) is 6.20 Å². The maximum absolute atomic E-state index is 14.7. The van der Waals surface area contributed by atoms with E-state index in [4.69, 9.17) is 42.9 Å². The third-order valence-electron chi connectivity index (χ3n) is 8.11. The fourth-order valence-electron chi connectivity index (χ4n) is 5.71. The zero-order chi connectivity index (χ0) is 30.9. The predicted molar refractivity (Wildman–Crippen MR) is 172 cm³/mol. The number of amidine groups is 1. The van der Waals surface area contributed by atoms with Crippen molar-refractivity contribution in [1.29, 1.82) is 0 Å². The number of nitrogens with zero attached hydrogens (tertiary/aromatic N) is 6. The van der Waals surface area contributed by atoms with E-state index in [2.05, 4.69) is 39.8 Å². The van der Waals surface area contributed by atoms with Crippen molar-refractivity contribution in [2.24, 2.45) is 4.99 Å². The lowest BCUT2D eigenvalue weighted by molar-refractivity contribution is 0.127. The van der Waals surface area contributed by atoms with Crippen LogP contribution in [0.15, 0.2) is 59.7 Å². The number of benzene rings is 2. The number of ether oxygens (including phenoxy) is 1. The summed E-state index contributed by atoms with van der Waals surface area (Å²) in [4.78, 5) is 35.5. The molecule has 0 spiro atoms. The van der Waals surface area contributed by atoms with Gasteiger partial charge in [0, 0.05) is 40.8 Å². The van der Waals surface area contributed by atoms with Crippen LogP contribution in [0.25, 0.3) is 0 Å². The van der Waals surface area contributed by atoms with Crippen LogP contribution in [0.2, 0.25) is 10.0 Å². The Bertz CT molecular complexity index is 1460. The number of rotatable bonds is 6. The average Bonchev–Trinajstić information content (AvgIpc) is 3.37. The first-order valence-electron chi connectivity index (χ1n) is 14.8. The lowest BCUT2D eigenvalue weighted by Crippen LogP contribution is -2.51. The Morgan fingerprint density at radius 3 is 2.09 bits per heavy atom. The molecule has 2 atom stereocenters. The van der Waals surface area contributed by atoms with E-state index >= 15 is 0 Å². The van der Waals surface area contributed by atoms with Crippen LogP contribution >= 0.6 is 23.2 Å². The second-order valence-corrected chi connectivity index (χ2v) is 13.2. The van der Waals surface area contributed by atoms with Gasteiger partial charge in [-0.3, -0.25) is 9.89 Å². The Hall–Kier alpha value is -3.20. The molecule has 5 rings (SSSR count). The van der Waals surface area contributed by atoms with Crippen molar-refractivity contribution in [3.8, 4) is 5.88 Å². The van der Waals surface area contributed by atoms with E-state index in [-0.39, 0.29) is 11.4 Å². The fraction of sp³-hybridized carbons (Fsp3) is 0.455. The van der Waals surface area contributed by atoms with Crippen molar-refractivity contribution < 1.29 is 9.53 Å². The molecule has 8 nitrogen and oxygen atoms in total. The Morgan fingerprint density at radius 2 is 1.56 bits per heavy atom. The summed E-state index contributed by atoms with van der Waals surface area (Å²) in [5, 5.41) is 1.26. The molecule has 0 aliphatic carbocycles. The van der Waals surface area contributed by atoms with Gasteiger partial charge >= 0.3 is 6.03 Å². The van der Waals surface area contributed by atoms with Crippen molar-refractivity contribution in [3.63, 3.8) is 0 Å². The largest absolute Gasteiger partial charge is 0.477 e. The average molecular weight is 624 g/mol. The molecule has 3 heterocycles. The molecule has 228 valence electrons. The summed E-state index contributed by atoms with van der Waals surface area (Å²) in [6.07, 6.45) is 3.55. The number of carbonyl (C=O) groups is 1. The molecule has 0 N–H and O–H groups in total. The monoisotopic (exact) mass is 622 g/mol. The summed E-state index contributed by atoms with van der Waals surface area (Å²) in [5.74, 6) is 1.56. The summed E-state index contributed by atoms with van der Waals surface area (Å²) in [6, 6.07) is 14.8. The summed E-state index contributed by atoms with van der Waals surface area (Å²) < 4.78 is 6.09. The SMILES string of the molecule is CCOc1nc(C(C)(C)C)ncc1C1=N[C@@H](c2ccc(Cl)cc2)[C@@H](c2ccc(Cl)cc2)N1C(=O)N1CCC(N(C)C)CC1. The third-order valence-corrected chi connectivity index (χ3v) is 8.61. The molecule has 0 bridgehead atoms. The van der Waals surface area contributed by atoms with E-state index in [1.807, 2.05) is 65.3 Å². The maximum atomic E-state index is 14.7. The standard InChI is InChI=1S/C33H40Cl2N6O2/c1-7-43-30-26(20-36-31(38-30)33(2,3)4)29-37-27(21-8-12-23(34)13-9-21)28(22-10-14-24(35)15-11-22)41(29)32(42)40-18-16-25(17-19-40)39(5)6/h8-15,20,25,27-28H,7,16-19H2,1-6H3/t27-,28+/m0/s1. The number of likely N-dealkylation sites (tertiary alicyclic amines) is 1. The molecule has 2 aliphatic heterocycles. The Balaban J connectivity index is 1.67. The summed E-state index contributed by atoms with van der Waals surface area (Å²) in [6.45, 7) is 9.82. The van der Waals surface area contributed by atoms with E-state index in [1.165, 1.54) is 0 Å². The second-order valence-electron chi connectivity index (χ2n) is 12.4. The summed E-state index contributed by atoms with van der Waals surface area (Å²) >= 11 is 12.6. The first-order chi connectivity index (χ1) is 20.5. The van der Waals surface area contributed by atoms with Gasteiger partial charge in [-0.05, 0) is 69.3 Å². The number of aliphatic imine (C=N–C) groups is 1. The van der Waals surface area contributed by atoms with Crippen molar-refractivity contribution in [2.75, 3.05) is 33.8 Å². The molecule has 1 fully saturated rings. The first kappa shape index (κ1) is 31.2. The van der Waals surface area contributed by atoms with Crippen LogP contribution in [-0.4, -0.2) is 76.4 Å². The first-order valence-corrected chi connectivity index (χ1v) is 15.6. The minimum atomic E-state index is -0.440. The molecule has 2 amide bonds. The Labute approximate surface area is 264 Å². The number of piperidine rings is 1. The number of urea groups is 1. The van der Waals surface area contributed by atoms with Gasteiger partial charge in [0.1, 0.15) is 17.7 Å². The van der Waals surface area contributed by atoms with Crippen LogP contribution < -0.4 is 4.74 Å². The van der Waals surface area contributed by atoms with Gasteiger partial charge in [-0.25, -0.2) is 9.78 Å². The van der Waals surface area contributed by atoms with Gasteiger partial charge < -0.3 is 14.5 Å². The predicted octanol–water partition coefficient (Wildman–Crippen LogP) is 7.17. The van der Waals surface area contributed by atoms with Crippen molar-refractivity contribution >= 4 is 35.1 Å². The number of hydrogen-bond donors (Lipinski definition) is 0. The fourth-order valence-corrected chi connectivity index (χ4v) is 5.96. The van der Waals surface area contributed by atoms with Gasteiger partial charge in [-0.2, -0.15) is 4.98 Å². The molecule has 2 aliphatic rings. The smallest absolute Gasteiger partial charge is 0.326 e. The molecule has 3 aromatic rings. The molecule has 0 saturated carbocycles. The van der Waals surface area contributed by atoms with Crippen LogP contribution in [0.5, 0.6) is 5.88 Å². The Morgan fingerprint density at radius 1 is 0.977 bits per heavy atom. The van der Waals surface area contributed by atoms with E-state index < -0.39 is 12.1 Å².